The van der Waals surface area contributed by atoms with Crippen LogP contribution in [0.25, 0.3) is 0 Å². The first-order valence-electron chi connectivity index (χ1n) is 8.33. The molecule has 0 aliphatic carbocycles. The van der Waals surface area contributed by atoms with E-state index in [9.17, 15) is 9.59 Å². The Balaban J connectivity index is 1.59. The van der Waals surface area contributed by atoms with Crippen LogP contribution in [0.2, 0.25) is 0 Å². The number of hydrogen-bond acceptors (Lipinski definition) is 5. The lowest BCUT2D eigenvalue weighted by Crippen LogP contribution is -2.50. The van der Waals surface area contributed by atoms with Crippen molar-refractivity contribution in [1.82, 2.24) is 9.47 Å². The van der Waals surface area contributed by atoms with Gasteiger partial charge in [-0.05, 0) is 38.1 Å². The Morgan fingerprint density at radius 3 is 2.28 bits per heavy atom. The first-order valence-corrected chi connectivity index (χ1v) is 9.15. The van der Waals surface area contributed by atoms with Crippen molar-refractivity contribution in [1.29, 1.82) is 0 Å². The molecule has 1 fully saturated rings. The number of aromatic nitrogens is 1. The van der Waals surface area contributed by atoms with Gasteiger partial charge in [0.25, 0.3) is 0 Å². The number of hydrogen-bond donors (Lipinski definition) is 0. The van der Waals surface area contributed by atoms with Crippen molar-refractivity contribution in [2.24, 2.45) is 0 Å². The number of ether oxygens (including phenoxy) is 1. The lowest BCUT2D eigenvalue weighted by molar-refractivity contribution is -0.132. The van der Waals surface area contributed by atoms with Crippen molar-refractivity contribution in [3.05, 3.63) is 44.5 Å². The fourth-order valence-electron chi connectivity index (χ4n) is 3.01. The number of anilines is 1. The fraction of sp³-hybridized carbons (Fsp3) is 0.444. The fourth-order valence-corrected chi connectivity index (χ4v) is 3.84. The number of rotatable bonds is 4. The predicted molar refractivity (Wildman–Crippen MR) is 99.8 cm³/mol. The third kappa shape index (κ3) is 3.71. The smallest absolute Gasteiger partial charge is 0.308 e. The van der Waals surface area contributed by atoms with Crippen molar-refractivity contribution in [3.8, 4) is 5.75 Å². The monoisotopic (exact) mass is 361 g/mol. The minimum atomic E-state index is -0.0554. The van der Waals surface area contributed by atoms with Crippen LogP contribution in [-0.2, 0) is 11.3 Å². The molecular weight excluding hydrogens is 338 g/mol. The van der Waals surface area contributed by atoms with Crippen LogP contribution >= 0.6 is 11.3 Å². The van der Waals surface area contributed by atoms with E-state index < -0.39 is 0 Å². The molecule has 1 aromatic carbocycles. The van der Waals surface area contributed by atoms with Crippen LogP contribution in [0.15, 0.2) is 29.1 Å². The Morgan fingerprint density at radius 1 is 1.12 bits per heavy atom. The second-order valence-corrected chi connectivity index (χ2v) is 7.33. The highest BCUT2D eigenvalue weighted by Crippen LogP contribution is 2.20. The summed E-state index contributed by atoms with van der Waals surface area (Å²) in [4.78, 5) is 29.5. The van der Waals surface area contributed by atoms with E-state index in [0.29, 0.717) is 13.1 Å². The topological polar surface area (TPSA) is 54.8 Å². The van der Waals surface area contributed by atoms with E-state index in [4.69, 9.17) is 4.74 Å². The van der Waals surface area contributed by atoms with Crippen molar-refractivity contribution in [2.45, 2.75) is 20.4 Å². The van der Waals surface area contributed by atoms with Gasteiger partial charge in [-0.25, -0.2) is 0 Å². The molecule has 25 heavy (non-hydrogen) atoms. The standard InChI is InChI=1S/C18H23N3O3S/c1-13-14(2)25-18(23)21(13)12-17(22)20-10-8-19(9-11-20)15-4-6-16(24-3)7-5-15/h4-7H,8-12H2,1-3H3. The van der Waals surface area contributed by atoms with Crippen molar-refractivity contribution in [3.63, 3.8) is 0 Å². The molecule has 0 saturated carbocycles. The van der Waals surface area contributed by atoms with Gasteiger partial charge in [0.2, 0.25) is 5.91 Å². The first-order chi connectivity index (χ1) is 12.0. The van der Waals surface area contributed by atoms with Gasteiger partial charge < -0.3 is 14.5 Å². The zero-order chi connectivity index (χ0) is 18.0. The van der Waals surface area contributed by atoms with E-state index in [-0.39, 0.29) is 17.3 Å². The number of carbonyl (C=O) groups is 1. The normalized spacial score (nSPS) is 14.7. The average Bonchev–Trinajstić information content (AvgIpc) is 2.88. The highest BCUT2D eigenvalue weighted by Gasteiger charge is 2.22. The summed E-state index contributed by atoms with van der Waals surface area (Å²) in [5.41, 5.74) is 2.02. The number of piperazine rings is 1. The quantitative estimate of drug-likeness (QED) is 0.834. The summed E-state index contributed by atoms with van der Waals surface area (Å²) in [5.74, 6) is 0.849. The van der Waals surface area contributed by atoms with Crippen molar-refractivity contribution in [2.75, 3.05) is 38.2 Å². The number of nitrogens with zero attached hydrogens (tertiary/aromatic N) is 3. The zero-order valence-electron chi connectivity index (χ0n) is 14.8. The molecule has 0 unspecified atom stereocenters. The molecule has 0 atom stereocenters. The summed E-state index contributed by atoms with van der Waals surface area (Å²) in [6.45, 7) is 6.85. The molecule has 0 bridgehead atoms. The maximum Gasteiger partial charge on any atom is 0.308 e. The molecule has 7 heteroatoms. The summed E-state index contributed by atoms with van der Waals surface area (Å²) in [7, 11) is 1.65. The molecule has 1 aromatic heterocycles. The number of methoxy groups -OCH3 is 1. The molecule has 6 nitrogen and oxygen atoms in total. The van der Waals surface area contributed by atoms with Gasteiger partial charge in [0, 0.05) is 42.4 Å². The molecule has 1 amide bonds. The Hall–Kier alpha value is -2.28. The highest BCUT2D eigenvalue weighted by atomic mass is 32.1. The minimum absolute atomic E-state index is 0.0115. The molecule has 1 aliphatic rings. The zero-order valence-corrected chi connectivity index (χ0v) is 15.6. The predicted octanol–water partition coefficient (Wildman–Crippen LogP) is 1.88. The summed E-state index contributed by atoms with van der Waals surface area (Å²) >= 11 is 1.20. The summed E-state index contributed by atoms with van der Waals surface area (Å²) in [6, 6.07) is 7.96. The first kappa shape index (κ1) is 17.5. The van der Waals surface area contributed by atoms with Crippen LogP contribution in [-0.4, -0.2) is 48.7 Å². The van der Waals surface area contributed by atoms with Gasteiger partial charge in [-0.2, -0.15) is 0 Å². The van der Waals surface area contributed by atoms with Crippen LogP contribution < -0.4 is 14.5 Å². The number of carbonyl (C=O) groups excluding carboxylic acids is 1. The van der Waals surface area contributed by atoms with Crippen LogP contribution in [0.5, 0.6) is 5.75 Å². The average molecular weight is 361 g/mol. The molecule has 3 rings (SSSR count). The Morgan fingerprint density at radius 2 is 1.76 bits per heavy atom. The summed E-state index contributed by atoms with van der Waals surface area (Å²) in [6.07, 6.45) is 0. The van der Waals surface area contributed by atoms with Gasteiger partial charge in [0.05, 0.1) is 7.11 Å². The highest BCUT2D eigenvalue weighted by molar-refractivity contribution is 7.09. The molecule has 2 aromatic rings. The Kier molecular flexibility index (Phi) is 5.13. The third-order valence-corrected chi connectivity index (χ3v) is 5.74. The van der Waals surface area contributed by atoms with E-state index in [2.05, 4.69) is 4.90 Å². The van der Waals surface area contributed by atoms with Gasteiger partial charge in [-0.3, -0.25) is 14.2 Å². The largest absolute Gasteiger partial charge is 0.497 e. The Labute approximate surface area is 151 Å². The lowest BCUT2D eigenvalue weighted by atomic mass is 10.2. The van der Waals surface area contributed by atoms with Crippen LogP contribution in [0, 0.1) is 13.8 Å². The van der Waals surface area contributed by atoms with Gasteiger partial charge >= 0.3 is 4.87 Å². The van der Waals surface area contributed by atoms with E-state index in [1.54, 1.807) is 11.7 Å². The maximum absolute atomic E-state index is 12.5. The van der Waals surface area contributed by atoms with Crippen LogP contribution in [0.4, 0.5) is 5.69 Å². The molecular formula is C18H23N3O3S. The molecule has 0 radical (unpaired) electrons. The number of benzene rings is 1. The van der Waals surface area contributed by atoms with Crippen molar-refractivity contribution >= 4 is 22.9 Å². The summed E-state index contributed by atoms with van der Waals surface area (Å²) < 4.78 is 6.77. The van der Waals surface area contributed by atoms with Crippen LogP contribution in [0.1, 0.15) is 10.6 Å². The molecule has 0 spiro atoms. The molecule has 2 heterocycles. The molecule has 0 N–H and O–H groups in total. The van der Waals surface area contributed by atoms with E-state index in [1.165, 1.54) is 11.3 Å². The summed E-state index contributed by atoms with van der Waals surface area (Å²) in [5, 5.41) is 0. The maximum atomic E-state index is 12.5. The second-order valence-electron chi connectivity index (χ2n) is 6.16. The second kappa shape index (κ2) is 7.31. The van der Waals surface area contributed by atoms with Gasteiger partial charge in [0.15, 0.2) is 0 Å². The van der Waals surface area contributed by atoms with Crippen molar-refractivity contribution < 1.29 is 9.53 Å². The van der Waals surface area contributed by atoms with Crippen LogP contribution in [0.3, 0.4) is 0 Å². The third-order valence-electron chi connectivity index (χ3n) is 4.74. The molecule has 134 valence electrons. The SMILES string of the molecule is COc1ccc(N2CCN(C(=O)Cn3c(C)c(C)sc3=O)CC2)cc1. The van der Waals surface area contributed by atoms with E-state index in [1.807, 2.05) is 43.0 Å². The number of amides is 1. The minimum Gasteiger partial charge on any atom is -0.497 e. The Bertz CT molecular complexity index is 802. The van der Waals surface area contributed by atoms with E-state index in [0.717, 1.165) is 35.1 Å². The molecule has 1 aliphatic heterocycles. The lowest BCUT2D eigenvalue weighted by Gasteiger charge is -2.36. The van der Waals surface area contributed by atoms with E-state index >= 15 is 0 Å². The molecule has 1 saturated heterocycles. The van der Waals surface area contributed by atoms with Gasteiger partial charge in [0.1, 0.15) is 12.3 Å². The van der Waals surface area contributed by atoms with Gasteiger partial charge in [-0.1, -0.05) is 11.3 Å². The number of thiazole rings is 1. The van der Waals surface area contributed by atoms with Gasteiger partial charge in [-0.15, -0.1) is 0 Å². The number of aryl methyl sites for hydroxylation is 1.